The third-order valence-corrected chi connectivity index (χ3v) is 2.38. The van der Waals surface area contributed by atoms with Gasteiger partial charge in [-0.25, -0.2) is 0 Å². The number of halogens is 1. The molecule has 14 heavy (non-hydrogen) atoms. The van der Waals surface area contributed by atoms with Crippen molar-refractivity contribution in [2.24, 2.45) is 0 Å². The first-order valence-electron chi connectivity index (χ1n) is 4.52. The van der Waals surface area contributed by atoms with E-state index in [1.807, 2.05) is 13.8 Å². The fourth-order valence-corrected chi connectivity index (χ4v) is 1.66. The van der Waals surface area contributed by atoms with E-state index in [0.29, 0.717) is 18.8 Å². The van der Waals surface area contributed by atoms with Crippen LogP contribution in [0.2, 0.25) is 0 Å². The highest BCUT2D eigenvalue weighted by atomic mass is 79.9. The number of aryl methyl sites for hydroxylation is 1. The van der Waals surface area contributed by atoms with Crippen LogP contribution < -0.4 is 0 Å². The Morgan fingerprint density at radius 1 is 1.64 bits per heavy atom. The van der Waals surface area contributed by atoms with Crippen molar-refractivity contribution in [3.8, 4) is 0 Å². The van der Waals surface area contributed by atoms with Crippen LogP contribution in [0.25, 0.3) is 0 Å². The second-order valence-corrected chi connectivity index (χ2v) is 3.57. The van der Waals surface area contributed by atoms with Crippen molar-refractivity contribution in [3.63, 3.8) is 0 Å². The predicted octanol–water partition coefficient (Wildman–Crippen LogP) is 1.88. The zero-order valence-electron chi connectivity index (χ0n) is 8.29. The van der Waals surface area contributed by atoms with Gasteiger partial charge in [0.2, 0.25) is 5.78 Å². The van der Waals surface area contributed by atoms with Gasteiger partial charge in [0.25, 0.3) is 0 Å². The number of carbonyl (C=O) groups is 1. The van der Waals surface area contributed by atoms with Gasteiger partial charge in [-0.1, -0.05) is 0 Å². The summed E-state index contributed by atoms with van der Waals surface area (Å²) in [6, 6.07) is 0. The Bertz CT molecular complexity index is 323. The van der Waals surface area contributed by atoms with E-state index in [2.05, 4.69) is 21.0 Å². The van der Waals surface area contributed by atoms with E-state index in [9.17, 15) is 4.79 Å². The van der Waals surface area contributed by atoms with E-state index < -0.39 is 0 Å². The van der Waals surface area contributed by atoms with Crippen molar-refractivity contribution in [1.29, 1.82) is 0 Å². The predicted molar refractivity (Wildman–Crippen MR) is 56.4 cm³/mol. The summed E-state index contributed by atoms with van der Waals surface area (Å²) < 4.78 is 7.45. The van der Waals surface area contributed by atoms with Gasteiger partial charge in [-0.3, -0.25) is 9.48 Å². The fraction of sp³-hybridized carbons (Fsp3) is 0.556. The highest BCUT2D eigenvalue weighted by molar-refractivity contribution is 9.10. The van der Waals surface area contributed by atoms with E-state index in [1.54, 1.807) is 10.9 Å². The van der Waals surface area contributed by atoms with Crippen LogP contribution in [0.4, 0.5) is 0 Å². The summed E-state index contributed by atoms with van der Waals surface area (Å²) >= 11 is 3.29. The third-order valence-electron chi connectivity index (χ3n) is 1.80. The zero-order chi connectivity index (χ0) is 10.6. The molecule has 0 spiro atoms. The monoisotopic (exact) mass is 260 g/mol. The number of hydrogen-bond acceptors (Lipinski definition) is 3. The molecule has 0 bridgehead atoms. The molecular formula is C9H13BrN2O2. The van der Waals surface area contributed by atoms with E-state index in [-0.39, 0.29) is 12.4 Å². The van der Waals surface area contributed by atoms with Crippen molar-refractivity contribution >= 4 is 21.7 Å². The normalized spacial score (nSPS) is 10.5. The minimum atomic E-state index is -0.0434. The lowest BCUT2D eigenvalue weighted by Gasteiger charge is -2.04. The smallest absolute Gasteiger partial charge is 0.207 e. The van der Waals surface area contributed by atoms with Gasteiger partial charge in [-0.15, -0.1) is 0 Å². The van der Waals surface area contributed by atoms with Crippen molar-refractivity contribution in [2.45, 2.75) is 20.4 Å². The van der Waals surface area contributed by atoms with Gasteiger partial charge in [0.05, 0.1) is 10.7 Å². The van der Waals surface area contributed by atoms with Crippen LogP contribution in [-0.4, -0.2) is 28.8 Å². The zero-order valence-corrected chi connectivity index (χ0v) is 9.87. The van der Waals surface area contributed by atoms with Gasteiger partial charge in [0.1, 0.15) is 12.3 Å². The number of Topliss-reactive ketones (excluding diaryl/α,β-unsaturated/α-hetero) is 1. The first-order chi connectivity index (χ1) is 6.70. The highest BCUT2D eigenvalue weighted by Gasteiger charge is 2.15. The average molecular weight is 261 g/mol. The molecule has 0 aliphatic carbocycles. The minimum absolute atomic E-state index is 0.0434. The Kier molecular flexibility index (Phi) is 4.28. The van der Waals surface area contributed by atoms with Gasteiger partial charge in [-0.05, 0) is 29.8 Å². The number of aromatic nitrogens is 2. The maximum atomic E-state index is 11.6. The van der Waals surface area contributed by atoms with Crippen molar-refractivity contribution < 1.29 is 9.53 Å². The van der Waals surface area contributed by atoms with Gasteiger partial charge >= 0.3 is 0 Å². The lowest BCUT2D eigenvalue weighted by atomic mass is 10.3. The molecule has 1 aromatic heterocycles. The Balaban J connectivity index is 2.82. The third kappa shape index (κ3) is 2.42. The number of ketones is 1. The Labute approximate surface area is 91.4 Å². The molecule has 78 valence electrons. The van der Waals surface area contributed by atoms with E-state index in [4.69, 9.17) is 4.74 Å². The van der Waals surface area contributed by atoms with Crippen LogP contribution in [-0.2, 0) is 11.3 Å². The molecule has 0 aliphatic rings. The number of carbonyl (C=O) groups excluding carboxylic acids is 1. The first-order valence-corrected chi connectivity index (χ1v) is 5.32. The van der Waals surface area contributed by atoms with Gasteiger partial charge in [-0.2, -0.15) is 5.10 Å². The van der Waals surface area contributed by atoms with Crippen molar-refractivity contribution in [3.05, 3.63) is 16.4 Å². The molecule has 1 heterocycles. The van der Waals surface area contributed by atoms with Crippen LogP contribution >= 0.6 is 15.9 Å². The summed E-state index contributed by atoms with van der Waals surface area (Å²) in [4.78, 5) is 11.6. The Morgan fingerprint density at radius 2 is 2.36 bits per heavy atom. The van der Waals surface area contributed by atoms with Crippen LogP contribution in [0.5, 0.6) is 0 Å². The van der Waals surface area contributed by atoms with Gasteiger partial charge in [0, 0.05) is 13.2 Å². The van der Waals surface area contributed by atoms with Crippen LogP contribution in [0, 0.1) is 0 Å². The van der Waals surface area contributed by atoms with E-state index in [0.717, 1.165) is 4.47 Å². The quantitative estimate of drug-likeness (QED) is 0.760. The number of hydrogen-bond donors (Lipinski definition) is 0. The summed E-state index contributed by atoms with van der Waals surface area (Å²) in [5.41, 5.74) is 0.584. The maximum Gasteiger partial charge on any atom is 0.207 e. The standard InChI is InChI=1S/C9H13BrN2O2/c1-3-12-9(7(10)5-11-12)8(13)6-14-4-2/h5H,3-4,6H2,1-2H3. The number of nitrogens with zero attached hydrogens (tertiary/aromatic N) is 2. The molecule has 0 saturated carbocycles. The van der Waals surface area contributed by atoms with E-state index >= 15 is 0 Å². The molecule has 0 saturated heterocycles. The molecular weight excluding hydrogens is 248 g/mol. The molecule has 0 aliphatic heterocycles. The summed E-state index contributed by atoms with van der Waals surface area (Å²) in [7, 11) is 0. The summed E-state index contributed by atoms with van der Waals surface area (Å²) in [6.45, 7) is 5.14. The molecule has 0 atom stereocenters. The highest BCUT2D eigenvalue weighted by Crippen LogP contribution is 2.16. The molecule has 0 radical (unpaired) electrons. The molecule has 5 heteroatoms. The Morgan fingerprint density at radius 3 is 2.93 bits per heavy atom. The second-order valence-electron chi connectivity index (χ2n) is 2.72. The molecule has 0 fully saturated rings. The van der Waals surface area contributed by atoms with Gasteiger partial charge in [0.15, 0.2) is 0 Å². The molecule has 1 aromatic rings. The number of rotatable bonds is 5. The summed E-state index contributed by atoms with van der Waals surface area (Å²) in [5, 5.41) is 4.06. The Hall–Kier alpha value is -0.680. The topological polar surface area (TPSA) is 44.1 Å². The summed E-state index contributed by atoms with van der Waals surface area (Å²) in [5.74, 6) is -0.0434. The SMILES string of the molecule is CCOCC(=O)c1c(Br)cnn1CC. The van der Waals surface area contributed by atoms with Crippen LogP contribution in [0.1, 0.15) is 24.3 Å². The van der Waals surface area contributed by atoms with Crippen molar-refractivity contribution in [2.75, 3.05) is 13.2 Å². The first kappa shape index (κ1) is 11.4. The van der Waals surface area contributed by atoms with Crippen molar-refractivity contribution in [1.82, 2.24) is 9.78 Å². The second kappa shape index (κ2) is 5.26. The van der Waals surface area contributed by atoms with E-state index in [1.165, 1.54) is 0 Å². The van der Waals surface area contributed by atoms with Crippen LogP contribution in [0.15, 0.2) is 10.7 Å². The lowest BCUT2D eigenvalue weighted by molar-refractivity contribution is 0.0772. The summed E-state index contributed by atoms with van der Waals surface area (Å²) in [6.07, 6.45) is 1.63. The molecule has 0 N–H and O–H groups in total. The lowest BCUT2D eigenvalue weighted by Crippen LogP contribution is -2.15. The van der Waals surface area contributed by atoms with Crippen LogP contribution in [0.3, 0.4) is 0 Å². The molecule has 4 nitrogen and oxygen atoms in total. The largest absolute Gasteiger partial charge is 0.374 e. The average Bonchev–Trinajstić information content (AvgIpc) is 2.56. The number of ether oxygens (including phenoxy) is 1. The molecule has 0 amide bonds. The maximum absolute atomic E-state index is 11.6. The minimum Gasteiger partial charge on any atom is -0.374 e. The molecule has 1 rings (SSSR count). The fourth-order valence-electron chi connectivity index (χ4n) is 1.14. The molecule has 0 aromatic carbocycles. The molecule has 0 unspecified atom stereocenters. The van der Waals surface area contributed by atoms with Gasteiger partial charge < -0.3 is 4.74 Å².